The number of hydrogen-bond donors (Lipinski definition) is 2. The number of benzene rings is 1. The molecule has 0 spiro atoms. The molecular weight excluding hydrogens is 307 g/mol. The van der Waals surface area contributed by atoms with Crippen LogP contribution in [0.15, 0.2) is 18.2 Å². The van der Waals surface area contributed by atoms with Crippen molar-refractivity contribution in [2.75, 3.05) is 6.54 Å². The Kier molecular flexibility index (Phi) is 7.75. The number of carbonyl (C=O) groups is 1. The summed E-state index contributed by atoms with van der Waals surface area (Å²) in [6.07, 6.45) is 1.56. The Labute approximate surface area is 130 Å². The van der Waals surface area contributed by atoms with Crippen LogP contribution in [0.25, 0.3) is 0 Å². The first-order valence-electron chi connectivity index (χ1n) is 5.95. The Bertz CT molecular complexity index is 405. The van der Waals surface area contributed by atoms with Crippen LogP contribution in [0, 0.1) is 0 Å². The monoisotopic (exact) mass is 324 g/mol. The Hall–Kier alpha value is -0.480. The number of halogens is 3. The second-order valence-electron chi connectivity index (χ2n) is 4.30. The summed E-state index contributed by atoms with van der Waals surface area (Å²) < 4.78 is 0. The lowest BCUT2D eigenvalue weighted by atomic mass is 9.92. The van der Waals surface area contributed by atoms with Crippen LogP contribution < -0.4 is 11.1 Å². The zero-order chi connectivity index (χ0) is 13.8. The van der Waals surface area contributed by atoms with E-state index in [2.05, 4.69) is 5.32 Å². The van der Waals surface area contributed by atoms with Crippen molar-refractivity contribution in [3.63, 3.8) is 0 Å². The summed E-state index contributed by atoms with van der Waals surface area (Å²) in [6.45, 7) is 4.41. The van der Waals surface area contributed by atoms with E-state index in [1.165, 1.54) is 0 Å². The zero-order valence-corrected chi connectivity index (χ0v) is 13.3. The van der Waals surface area contributed by atoms with Gasteiger partial charge >= 0.3 is 0 Å². The Morgan fingerprint density at radius 1 is 1.21 bits per heavy atom. The van der Waals surface area contributed by atoms with Crippen molar-refractivity contribution in [2.45, 2.75) is 32.2 Å². The van der Waals surface area contributed by atoms with Crippen LogP contribution in [0.2, 0.25) is 10.0 Å². The maximum atomic E-state index is 12.2. The molecule has 3 N–H and O–H groups in total. The highest BCUT2D eigenvalue weighted by Gasteiger charge is 2.26. The molecule has 6 heteroatoms. The quantitative estimate of drug-likeness (QED) is 0.868. The second kappa shape index (κ2) is 7.95. The molecule has 1 rings (SSSR count). The van der Waals surface area contributed by atoms with Crippen LogP contribution in [-0.2, 0) is 0 Å². The lowest BCUT2D eigenvalue weighted by molar-refractivity contribution is 0.0895. The Morgan fingerprint density at radius 3 is 2.05 bits per heavy atom. The molecule has 0 aliphatic carbocycles. The summed E-state index contributed by atoms with van der Waals surface area (Å²) in [7, 11) is 0. The molecule has 0 radical (unpaired) electrons. The second-order valence-corrected chi connectivity index (χ2v) is 5.18. The highest BCUT2D eigenvalue weighted by molar-refractivity contribution is 6.35. The highest BCUT2D eigenvalue weighted by Crippen LogP contribution is 2.20. The van der Waals surface area contributed by atoms with E-state index in [1.807, 2.05) is 13.8 Å². The van der Waals surface area contributed by atoms with Crippen molar-refractivity contribution >= 4 is 41.5 Å². The van der Waals surface area contributed by atoms with Gasteiger partial charge in [-0.05, 0) is 31.0 Å². The molecule has 1 amide bonds. The predicted molar refractivity (Wildman–Crippen MR) is 83.5 cm³/mol. The van der Waals surface area contributed by atoms with E-state index in [9.17, 15) is 4.79 Å². The van der Waals surface area contributed by atoms with Crippen LogP contribution in [0.1, 0.15) is 37.0 Å². The van der Waals surface area contributed by atoms with Gasteiger partial charge in [-0.1, -0.05) is 37.0 Å². The fourth-order valence-corrected chi connectivity index (χ4v) is 2.29. The fraction of sp³-hybridized carbons (Fsp3) is 0.462. The molecule has 0 bridgehead atoms. The SMILES string of the molecule is CCC(CC)(CN)NC(=O)c1cc(Cl)cc(Cl)c1.Cl. The Balaban J connectivity index is 0.00000324. The Morgan fingerprint density at radius 2 is 1.68 bits per heavy atom. The number of nitrogens with two attached hydrogens (primary N) is 1. The van der Waals surface area contributed by atoms with E-state index in [4.69, 9.17) is 28.9 Å². The van der Waals surface area contributed by atoms with Crippen molar-refractivity contribution in [1.82, 2.24) is 5.32 Å². The van der Waals surface area contributed by atoms with Crippen molar-refractivity contribution in [1.29, 1.82) is 0 Å². The average Bonchev–Trinajstić information content (AvgIpc) is 2.35. The topological polar surface area (TPSA) is 55.1 Å². The van der Waals surface area contributed by atoms with E-state index in [0.29, 0.717) is 22.2 Å². The van der Waals surface area contributed by atoms with E-state index in [1.54, 1.807) is 18.2 Å². The number of rotatable bonds is 5. The summed E-state index contributed by atoms with van der Waals surface area (Å²) in [5.41, 5.74) is 5.83. The van der Waals surface area contributed by atoms with Gasteiger partial charge in [0.1, 0.15) is 0 Å². The van der Waals surface area contributed by atoms with E-state index in [-0.39, 0.29) is 23.9 Å². The minimum atomic E-state index is -0.369. The van der Waals surface area contributed by atoms with Crippen LogP contribution in [0.3, 0.4) is 0 Å². The lowest BCUT2D eigenvalue weighted by Crippen LogP contribution is -2.52. The van der Waals surface area contributed by atoms with E-state index in [0.717, 1.165) is 12.8 Å². The van der Waals surface area contributed by atoms with E-state index >= 15 is 0 Å². The van der Waals surface area contributed by atoms with Gasteiger partial charge in [0, 0.05) is 22.2 Å². The largest absolute Gasteiger partial charge is 0.345 e. The van der Waals surface area contributed by atoms with Crippen LogP contribution in [0.5, 0.6) is 0 Å². The molecule has 0 atom stereocenters. The van der Waals surface area contributed by atoms with E-state index < -0.39 is 0 Å². The third kappa shape index (κ3) is 4.84. The first-order chi connectivity index (χ1) is 8.46. The van der Waals surface area contributed by atoms with Crippen molar-refractivity contribution in [2.24, 2.45) is 5.73 Å². The molecule has 108 valence electrons. The molecule has 1 aromatic carbocycles. The smallest absolute Gasteiger partial charge is 0.251 e. The summed E-state index contributed by atoms with van der Waals surface area (Å²) in [5, 5.41) is 3.86. The van der Waals surface area contributed by atoms with Crippen molar-refractivity contribution in [3.05, 3.63) is 33.8 Å². The van der Waals surface area contributed by atoms with Gasteiger partial charge in [-0.3, -0.25) is 4.79 Å². The first kappa shape index (κ1) is 18.5. The van der Waals surface area contributed by atoms with Crippen LogP contribution in [0.4, 0.5) is 0 Å². The molecule has 3 nitrogen and oxygen atoms in total. The number of hydrogen-bond acceptors (Lipinski definition) is 2. The first-order valence-corrected chi connectivity index (χ1v) is 6.70. The van der Waals surface area contributed by atoms with Gasteiger partial charge in [0.2, 0.25) is 0 Å². The van der Waals surface area contributed by atoms with Crippen molar-refractivity contribution < 1.29 is 4.79 Å². The normalized spacial score (nSPS) is 10.8. The molecule has 0 saturated heterocycles. The minimum Gasteiger partial charge on any atom is -0.345 e. The van der Waals surface area contributed by atoms with Gasteiger partial charge in [-0.25, -0.2) is 0 Å². The molecule has 0 saturated carbocycles. The lowest BCUT2D eigenvalue weighted by Gasteiger charge is -2.31. The standard InChI is InChI=1S/C13H18Cl2N2O.ClH/c1-3-13(4-2,8-16)17-12(18)9-5-10(14)7-11(15)6-9;/h5-7H,3-4,8,16H2,1-2H3,(H,17,18);1H. The third-order valence-corrected chi connectivity index (χ3v) is 3.68. The number of nitrogens with one attached hydrogen (secondary N) is 1. The van der Waals surface area contributed by atoms with Gasteiger partial charge in [0.05, 0.1) is 5.54 Å². The summed E-state index contributed by atoms with van der Waals surface area (Å²) in [4.78, 5) is 12.2. The van der Waals surface area contributed by atoms with Crippen LogP contribution >= 0.6 is 35.6 Å². The summed E-state index contributed by atoms with van der Waals surface area (Å²) in [5.74, 6) is -0.200. The fourth-order valence-electron chi connectivity index (χ4n) is 1.76. The number of carbonyl (C=O) groups excluding carboxylic acids is 1. The molecule has 19 heavy (non-hydrogen) atoms. The van der Waals surface area contributed by atoms with Gasteiger partial charge < -0.3 is 11.1 Å². The number of amides is 1. The average molecular weight is 326 g/mol. The van der Waals surface area contributed by atoms with Crippen molar-refractivity contribution in [3.8, 4) is 0 Å². The molecule has 1 aromatic rings. The molecular formula is C13H19Cl3N2O. The minimum absolute atomic E-state index is 0. The van der Waals surface area contributed by atoms with Gasteiger partial charge in [-0.2, -0.15) is 0 Å². The third-order valence-electron chi connectivity index (χ3n) is 3.25. The molecule has 0 fully saturated rings. The molecule has 0 unspecified atom stereocenters. The predicted octanol–water partition coefficient (Wildman–Crippen LogP) is 3.66. The van der Waals surface area contributed by atoms with Gasteiger partial charge in [0.25, 0.3) is 5.91 Å². The molecule has 0 aliphatic rings. The van der Waals surface area contributed by atoms with Gasteiger partial charge in [0.15, 0.2) is 0 Å². The summed E-state index contributed by atoms with van der Waals surface area (Å²) in [6, 6.07) is 4.78. The molecule has 0 aliphatic heterocycles. The molecule has 0 aromatic heterocycles. The van der Waals surface area contributed by atoms with Gasteiger partial charge in [-0.15, -0.1) is 12.4 Å². The summed E-state index contributed by atoms with van der Waals surface area (Å²) >= 11 is 11.8. The van der Waals surface area contributed by atoms with Crippen LogP contribution in [-0.4, -0.2) is 18.0 Å². The highest BCUT2D eigenvalue weighted by atomic mass is 35.5. The molecule has 0 heterocycles. The zero-order valence-electron chi connectivity index (χ0n) is 11.0. The maximum absolute atomic E-state index is 12.2. The maximum Gasteiger partial charge on any atom is 0.251 e.